The number of ether oxygens (including phenoxy) is 1. The summed E-state index contributed by atoms with van der Waals surface area (Å²) in [6.07, 6.45) is 0. The van der Waals surface area contributed by atoms with Crippen LogP contribution >= 0.6 is 12.6 Å². The van der Waals surface area contributed by atoms with Gasteiger partial charge in [-0.05, 0) is 17.7 Å². The van der Waals surface area contributed by atoms with Crippen LogP contribution in [-0.2, 0) is 10.5 Å². The Hall–Kier alpha value is -1.16. The number of fused-ring (bicyclic) bond motifs is 1. The van der Waals surface area contributed by atoms with Crippen LogP contribution in [0.15, 0.2) is 18.2 Å². The van der Waals surface area contributed by atoms with E-state index in [9.17, 15) is 4.79 Å². The summed E-state index contributed by atoms with van der Waals surface area (Å²) in [6, 6.07) is 5.66. The molecule has 3 nitrogen and oxygen atoms in total. The summed E-state index contributed by atoms with van der Waals surface area (Å²) in [5.41, 5.74) is 1.80. The lowest BCUT2D eigenvalue weighted by Crippen LogP contribution is -2.25. The average Bonchev–Trinajstić information content (AvgIpc) is 2.16. The molecule has 0 spiro atoms. The van der Waals surface area contributed by atoms with Crippen molar-refractivity contribution in [1.29, 1.82) is 0 Å². The standard InChI is InChI=1S/C9H9NO2S/c11-9-4-12-8-2-1-6(5-13)3-7(8)10-9/h1-3,13H,4-5H2,(H,10,11). The van der Waals surface area contributed by atoms with Crippen LogP contribution in [0.1, 0.15) is 5.56 Å². The third-order valence-electron chi connectivity index (χ3n) is 1.86. The number of nitrogens with one attached hydrogen (secondary N) is 1. The van der Waals surface area contributed by atoms with Crippen molar-refractivity contribution in [3.8, 4) is 5.75 Å². The zero-order valence-corrected chi connectivity index (χ0v) is 7.80. The molecule has 0 saturated heterocycles. The molecule has 1 aromatic carbocycles. The van der Waals surface area contributed by atoms with Crippen LogP contribution in [-0.4, -0.2) is 12.5 Å². The van der Waals surface area contributed by atoms with Gasteiger partial charge in [-0.1, -0.05) is 6.07 Å². The van der Waals surface area contributed by atoms with Gasteiger partial charge in [0.25, 0.3) is 5.91 Å². The van der Waals surface area contributed by atoms with Crippen LogP contribution in [0.3, 0.4) is 0 Å². The highest BCUT2D eigenvalue weighted by atomic mass is 32.1. The van der Waals surface area contributed by atoms with Crippen LogP contribution in [0.25, 0.3) is 0 Å². The van der Waals surface area contributed by atoms with Gasteiger partial charge in [0.2, 0.25) is 0 Å². The van der Waals surface area contributed by atoms with E-state index in [1.54, 1.807) is 0 Å². The van der Waals surface area contributed by atoms with Crippen LogP contribution in [0.5, 0.6) is 5.75 Å². The molecule has 0 bridgehead atoms. The molecular formula is C9H9NO2S. The number of thiol groups is 1. The minimum atomic E-state index is -0.108. The highest BCUT2D eigenvalue weighted by Crippen LogP contribution is 2.28. The van der Waals surface area contributed by atoms with Crippen molar-refractivity contribution in [3.63, 3.8) is 0 Å². The molecule has 0 atom stereocenters. The van der Waals surface area contributed by atoms with Crippen molar-refractivity contribution >= 4 is 24.2 Å². The maximum absolute atomic E-state index is 11.0. The number of anilines is 1. The Morgan fingerprint density at radius 3 is 3.15 bits per heavy atom. The van der Waals surface area contributed by atoms with E-state index in [2.05, 4.69) is 17.9 Å². The molecule has 1 N–H and O–H groups in total. The first-order valence-electron chi connectivity index (χ1n) is 3.96. The van der Waals surface area contributed by atoms with Crippen molar-refractivity contribution in [3.05, 3.63) is 23.8 Å². The van der Waals surface area contributed by atoms with Gasteiger partial charge in [-0.2, -0.15) is 12.6 Å². The van der Waals surface area contributed by atoms with E-state index in [1.165, 1.54) is 0 Å². The molecule has 0 radical (unpaired) electrons. The number of benzene rings is 1. The van der Waals surface area contributed by atoms with E-state index < -0.39 is 0 Å². The van der Waals surface area contributed by atoms with E-state index in [1.807, 2.05) is 18.2 Å². The summed E-state index contributed by atoms with van der Waals surface area (Å²) in [5.74, 6) is 1.28. The molecule has 0 unspecified atom stereocenters. The Bertz CT molecular complexity index is 351. The van der Waals surface area contributed by atoms with Gasteiger partial charge in [0, 0.05) is 5.75 Å². The van der Waals surface area contributed by atoms with Gasteiger partial charge in [-0.15, -0.1) is 0 Å². The normalized spacial score (nSPS) is 14.4. The third kappa shape index (κ3) is 1.62. The van der Waals surface area contributed by atoms with Crippen molar-refractivity contribution in [1.82, 2.24) is 0 Å². The summed E-state index contributed by atoms with van der Waals surface area (Å²) < 4.78 is 5.20. The van der Waals surface area contributed by atoms with Crippen molar-refractivity contribution in [2.75, 3.05) is 11.9 Å². The van der Waals surface area contributed by atoms with E-state index in [-0.39, 0.29) is 12.5 Å². The zero-order valence-electron chi connectivity index (χ0n) is 6.91. The minimum Gasteiger partial charge on any atom is -0.482 e. The maximum atomic E-state index is 11.0. The Kier molecular flexibility index (Phi) is 2.14. The zero-order chi connectivity index (χ0) is 9.26. The first-order valence-corrected chi connectivity index (χ1v) is 4.59. The lowest BCUT2D eigenvalue weighted by atomic mass is 10.2. The second-order valence-electron chi connectivity index (χ2n) is 2.83. The SMILES string of the molecule is O=C1COc2ccc(CS)cc2N1. The van der Waals surface area contributed by atoms with Crippen molar-refractivity contribution in [2.45, 2.75) is 5.75 Å². The third-order valence-corrected chi connectivity index (χ3v) is 2.22. The number of hydrogen-bond donors (Lipinski definition) is 2. The summed E-state index contributed by atoms with van der Waals surface area (Å²) in [7, 11) is 0. The fourth-order valence-corrected chi connectivity index (χ4v) is 1.43. The molecule has 2 rings (SSSR count). The first-order chi connectivity index (χ1) is 6.29. The summed E-state index contributed by atoms with van der Waals surface area (Å²) >= 11 is 4.15. The van der Waals surface area contributed by atoms with Crippen molar-refractivity contribution in [2.24, 2.45) is 0 Å². The largest absolute Gasteiger partial charge is 0.482 e. The topological polar surface area (TPSA) is 38.3 Å². The van der Waals surface area contributed by atoms with E-state index in [0.717, 1.165) is 17.0 Å². The molecule has 1 aliphatic heterocycles. The molecule has 0 aromatic heterocycles. The van der Waals surface area contributed by atoms with Crippen LogP contribution in [0, 0.1) is 0 Å². The van der Waals surface area contributed by atoms with Gasteiger partial charge in [0.1, 0.15) is 5.75 Å². The van der Waals surface area contributed by atoms with E-state index in [4.69, 9.17) is 4.74 Å². The Morgan fingerprint density at radius 1 is 1.54 bits per heavy atom. The summed E-state index contributed by atoms with van der Waals surface area (Å²) in [4.78, 5) is 11.0. The smallest absolute Gasteiger partial charge is 0.262 e. The fourth-order valence-electron chi connectivity index (χ4n) is 1.23. The van der Waals surface area contributed by atoms with Gasteiger partial charge in [-0.25, -0.2) is 0 Å². The lowest BCUT2D eigenvalue weighted by Gasteiger charge is -2.18. The van der Waals surface area contributed by atoms with Gasteiger partial charge in [0.05, 0.1) is 5.69 Å². The first kappa shape index (κ1) is 8.44. The number of carbonyl (C=O) groups is 1. The minimum absolute atomic E-state index is 0.104. The highest BCUT2D eigenvalue weighted by molar-refractivity contribution is 7.79. The molecule has 0 saturated carbocycles. The summed E-state index contributed by atoms with van der Waals surface area (Å²) in [6.45, 7) is 0.104. The van der Waals surface area contributed by atoms with Crippen molar-refractivity contribution < 1.29 is 9.53 Å². The monoisotopic (exact) mass is 195 g/mol. The molecule has 1 aromatic rings. The molecular weight excluding hydrogens is 186 g/mol. The number of rotatable bonds is 1. The lowest BCUT2D eigenvalue weighted by molar-refractivity contribution is -0.118. The molecule has 0 fully saturated rings. The Balaban J connectivity index is 2.38. The highest BCUT2D eigenvalue weighted by Gasteiger charge is 2.15. The molecule has 68 valence electrons. The van der Waals surface area contributed by atoms with Gasteiger partial charge >= 0.3 is 0 Å². The van der Waals surface area contributed by atoms with E-state index >= 15 is 0 Å². The van der Waals surface area contributed by atoms with Crippen LogP contribution in [0.4, 0.5) is 5.69 Å². The molecule has 1 amide bonds. The quantitative estimate of drug-likeness (QED) is 0.666. The number of hydrogen-bond acceptors (Lipinski definition) is 3. The van der Waals surface area contributed by atoms with Gasteiger partial charge in [-0.3, -0.25) is 4.79 Å². The molecule has 1 heterocycles. The van der Waals surface area contributed by atoms with Gasteiger partial charge < -0.3 is 10.1 Å². The molecule has 1 aliphatic rings. The van der Waals surface area contributed by atoms with Crippen LogP contribution < -0.4 is 10.1 Å². The number of amides is 1. The predicted molar refractivity (Wildman–Crippen MR) is 53.3 cm³/mol. The predicted octanol–water partition coefficient (Wildman–Crippen LogP) is 1.45. The van der Waals surface area contributed by atoms with Gasteiger partial charge in [0.15, 0.2) is 6.61 Å². The maximum Gasteiger partial charge on any atom is 0.262 e. The molecule has 13 heavy (non-hydrogen) atoms. The Labute approximate surface area is 81.5 Å². The molecule has 0 aliphatic carbocycles. The van der Waals surface area contributed by atoms with Crippen LogP contribution in [0.2, 0.25) is 0 Å². The average molecular weight is 195 g/mol. The molecule has 4 heteroatoms. The van der Waals surface area contributed by atoms with E-state index in [0.29, 0.717) is 5.75 Å². The second-order valence-corrected chi connectivity index (χ2v) is 3.14. The Morgan fingerprint density at radius 2 is 2.38 bits per heavy atom. The summed E-state index contributed by atoms with van der Waals surface area (Å²) in [5, 5.41) is 2.74. The second kappa shape index (κ2) is 3.30. The number of carbonyl (C=O) groups excluding carboxylic acids is 1. The fraction of sp³-hybridized carbons (Fsp3) is 0.222.